The van der Waals surface area contributed by atoms with Gasteiger partial charge in [0.1, 0.15) is 107 Å². The number of hydrogen-bond donors (Lipinski definition) is 21. The normalized spacial score (nSPS) is 25.4. The molecule has 22 N–H and O–H groups in total. The van der Waals surface area contributed by atoms with Crippen LogP contribution in [-0.2, 0) is 80.0 Å². The summed E-state index contributed by atoms with van der Waals surface area (Å²) in [6, 6.07) is 3.56. The molecular weight excluding hydrogens is 1760 g/mol. The Morgan fingerprint density at radius 3 is 2.03 bits per heavy atom. The number of benzene rings is 6. The molecule has 46 heteroatoms. The van der Waals surface area contributed by atoms with Crippen LogP contribution in [0.1, 0.15) is 111 Å². The van der Waals surface area contributed by atoms with Gasteiger partial charge in [0.05, 0.1) is 52.8 Å². The lowest BCUT2D eigenvalue weighted by molar-refractivity contribution is -0.334. The largest absolute Gasteiger partial charge is 0.508 e. The number of likely N-dealkylation sites (N-methyl/N-ethyl adjacent to an activating group) is 1. The van der Waals surface area contributed by atoms with Crippen LogP contribution in [0.5, 0.6) is 46.0 Å². The second kappa shape index (κ2) is 40.9. The van der Waals surface area contributed by atoms with Crippen LogP contribution in [0.4, 0.5) is 10.2 Å². The number of phenolic OH excluding ortho intramolecular Hbond substituents is 3. The first-order chi connectivity index (χ1) is 61.2. The lowest BCUT2D eigenvalue weighted by atomic mass is 9.85. The molecule has 7 aliphatic rings. The number of nitrogens with two attached hydrogens (primary N) is 1. The number of nitrogens with one attached hydrogen (secondary N) is 11. The van der Waals surface area contributed by atoms with Crippen LogP contribution < -0.4 is 84.3 Å². The van der Waals surface area contributed by atoms with Gasteiger partial charge in [-0.25, -0.2) is 14.7 Å². The van der Waals surface area contributed by atoms with Crippen molar-refractivity contribution in [3.8, 4) is 63.3 Å². The molecule has 11 bridgehead atoms. The van der Waals surface area contributed by atoms with Gasteiger partial charge >= 0.3 is 5.69 Å². The van der Waals surface area contributed by atoms with Crippen LogP contribution in [0.3, 0.4) is 0 Å². The third kappa shape index (κ3) is 22.1. The van der Waals surface area contributed by atoms with Crippen molar-refractivity contribution < 1.29 is 132 Å². The zero-order valence-electron chi connectivity index (χ0n) is 68.7. The van der Waals surface area contributed by atoms with Gasteiger partial charge in [-0.1, -0.05) is 72.9 Å². The average molecular weight is 1850 g/mol. The van der Waals surface area contributed by atoms with Gasteiger partial charge in [0.25, 0.3) is 11.8 Å². The minimum Gasteiger partial charge on any atom is -0.508 e. The highest BCUT2D eigenvalue weighted by Gasteiger charge is 2.52. The van der Waals surface area contributed by atoms with Gasteiger partial charge in [-0.05, 0) is 139 Å². The van der Waals surface area contributed by atoms with Crippen molar-refractivity contribution in [1.29, 1.82) is 5.26 Å². The second-order valence-corrected chi connectivity index (χ2v) is 32.6. The van der Waals surface area contributed by atoms with Crippen molar-refractivity contribution in [3.05, 3.63) is 174 Å². The number of fused-ring (bicyclic) bond motifs is 15. The number of carbonyl (C=O) groups excluding carboxylic acids is 10. The van der Waals surface area contributed by atoms with E-state index in [0.29, 0.717) is 0 Å². The first-order valence-electron chi connectivity index (χ1n) is 39.8. The second-order valence-electron chi connectivity index (χ2n) is 31.4. The molecule has 2 saturated heterocycles. The lowest BCUT2D eigenvalue weighted by Gasteiger charge is -2.48. The number of anilines is 1. The minimum atomic E-state index is -2.44. The fourth-order valence-corrected chi connectivity index (χ4v) is 15.7. The Morgan fingerprint density at radius 1 is 0.736 bits per heavy atom. The number of rotatable bonds is 23. The van der Waals surface area contributed by atoms with Crippen molar-refractivity contribution >= 4 is 99.7 Å². The molecule has 8 heterocycles. The first kappa shape index (κ1) is 95.6. The van der Waals surface area contributed by atoms with E-state index in [0.717, 1.165) is 78.9 Å². The monoisotopic (exact) mass is 1850 g/mol. The lowest BCUT2D eigenvalue weighted by Crippen LogP contribution is -2.65. The van der Waals surface area contributed by atoms with Crippen molar-refractivity contribution in [2.24, 2.45) is 11.7 Å². The molecule has 16 unspecified atom stereocenters. The maximum absolute atomic E-state index is 16.4. The minimum absolute atomic E-state index is 0.0776. The average Bonchev–Trinajstić information content (AvgIpc) is 0.765. The summed E-state index contributed by atoms with van der Waals surface area (Å²) in [5.74, 6) is -19.1. The predicted molar refractivity (Wildman–Crippen MR) is 446 cm³/mol. The van der Waals surface area contributed by atoms with Crippen LogP contribution in [0.15, 0.2) is 114 Å². The van der Waals surface area contributed by atoms with E-state index in [-0.39, 0.29) is 65.8 Å². The molecule has 42 nitrogen and oxygen atoms in total. The molecule has 7 aliphatic heterocycles. The van der Waals surface area contributed by atoms with E-state index in [1.165, 1.54) is 55.2 Å². The Hall–Kier alpha value is -12.5. The fourth-order valence-electron chi connectivity index (χ4n) is 15.1. The van der Waals surface area contributed by atoms with Gasteiger partial charge < -0.3 is 128 Å². The van der Waals surface area contributed by atoms with Gasteiger partial charge in [-0.2, -0.15) is 10.2 Å². The molecule has 18 atom stereocenters. The molecule has 0 saturated carbocycles. The maximum Gasteiger partial charge on any atom is 0.349 e. The molecule has 6 aromatic carbocycles. The van der Waals surface area contributed by atoms with Gasteiger partial charge in [0.2, 0.25) is 59.3 Å². The highest BCUT2D eigenvalue weighted by Crippen LogP contribution is 2.50. The van der Waals surface area contributed by atoms with Crippen molar-refractivity contribution in [2.45, 2.75) is 169 Å². The quantitative estimate of drug-likeness (QED) is 0.0236. The molecule has 0 radical (unpaired) electrons. The number of aromatic hydroxyl groups is 3. The topological polar surface area (TPSA) is 634 Å². The Morgan fingerprint density at radius 2 is 1.40 bits per heavy atom. The SMILES string of the molecule is CNC(CC(C)C)C(=O)NC1C(=O)NC(CC(N)=O)C(=O)NC2C(=O)NC3C(=O)NC(C(=O)N[C@@H](C(=O)NOCC(=O)NC#N)c4cc(O)cc(O)c4-c4cc3ccc4O)C(O)c3ccc(c(Cl)c3)Oc3cc2cc(c3OC2OC(CO)C(O)C(O)C2OC2C[C@@](C)(NCCn3ccc(NC(=O)Cc4ccc(Cl)c(F)c4)nc3=O)C(O)C(C)O2)Oc2ccc(cc2Cl)C1O. The van der Waals surface area contributed by atoms with Crippen molar-refractivity contribution in [3.63, 3.8) is 0 Å². The van der Waals surface area contributed by atoms with E-state index < -0.39 is 283 Å². The van der Waals surface area contributed by atoms with E-state index in [4.69, 9.17) is 79.1 Å². The van der Waals surface area contributed by atoms with Crippen LogP contribution in [0.2, 0.25) is 15.1 Å². The number of carbonyl (C=O) groups is 10. The summed E-state index contributed by atoms with van der Waals surface area (Å²) in [5.41, 5.74) is 2.52. The Labute approximate surface area is 746 Å². The van der Waals surface area contributed by atoms with E-state index in [1.54, 1.807) is 26.1 Å². The number of phenols is 3. The summed E-state index contributed by atoms with van der Waals surface area (Å²) in [6.07, 6.45) is -17.6. The highest BCUT2D eigenvalue weighted by atomic mass is 35.5. The van der Waals surface area contributed by atoms with Gasteiger partial charge in [0, 0.05) is 48.4 Å². The molecule has 129 heavy (non-hydrogen) atoms. The summed E-state index contributed by atoms with van der Waals surface area (Å²) < 4.78 is 54.6. The standard InChI is InChI=1S/C83H89Cl3FN15O27/c1-33(2)18-47(90-5)74(115)99-65-67(110)37-8-12-51(44(85)22-37)125-53-24-39-25-54(71(53)129-81-72(70(113)69(112)55(30-103)127-81)128-60-29-83(4,73(114)34(3)124-60)92-15-17-102-16-14-57(95-82(102)122)94-58(108)20-35-6-10-43(84)46(87)19-35)126-52-13-9-38(23-45(52)86)68(111)66-79(120)98-64(80(121)101-123-31-59(109)91-32-88)42-26-40(104)27-50(106)61(42)41-21-36(7-11-49(41)105)62(76(117)100-66)97-77(118)63(39)96-75(116)48(28-56(89)107)93-78(65)119/h6-14,16,19,21-27,33-34,47-48,55,60,62-70,72-73,81,90,92,103-106,110-114H,15,17-18,20,28-31H2,1-5H3,(H2,89,107)(H,91,109)(H,93,119)(H,96,116)(H,97,118)(H,98,120)(H,99,115)(H,100,117)(H,101,121)(H,94,95,108,122)/t34?,47?,48?,55?,60?,62?,63?,64-,65?,66?,67?,68?,69?,70?,72?,73?,81?,83-/m1/s1. The van der Waals surface area contributed by atoms with Crippen molar-refractivity contribution in [2.75, 3.05) is 32.1 Å². The zero-order valence-corrected chi connectivity index (χ0v) is 71.0. The molecule has 1 aromatic heterocycles. The van der Waals surface area contributed by atoms with Gasteiger partial charge in [-0.15, -0.1) is 0 Å². The van der Waals surface area contributed by atoms with Crippen LogP contribution in [-0.4, -0.2) is 220 Å². The highest BCUT2D eigenvalue weighted by molar-refractivity contribution is 6.32. The Balaban J connectivity index is 0.998. The molecular formula is C83H89Cl3FN15O27. The van der Waals surface area contributed by atoms with Gasteiger partial charge in [-0.3, -0.25) is 62.7 Å². The summed E-state index contributed by atoms with van der Waals surface area (Å²) >= 11 is 20.1. The van der Waals surface area contributed by atoms with Gasteiger partial charge in [0.15, 0.2) is 36.7 Å². The van der Waals surface area contributed by atoms with Crippen molar-refractivity contribution in [1.82, 2.24) is 62.9 Å². The number of amides is 10. The molecule has 0 aliphatic carbocycles. The Bertz CT molecular complexity index is 5620. The number of primary amides is 1. The first-order valence-corrected chi connectivity index (χ1v) is 41.0. The summed E-state index contributed by atoms with van der Waals surface area (Å²) in [7, 11) is 1.45. The number of nitrogens with zero attached hydrogens (tertiary/aromatic N) is 3. The number of ether oxygens (including phenoxy) is 6. The number of nitriles is 1. The smallest absolute Gasteiger partial charge is 0.349 e. The molecule has 14 rings (SSSR count). The van der Waals surface area contributed by atoms with E-state index in [2.05, 4.69) is 52.8 Å². The van der Waals surface area contributed by atoms with E-state index in [9.17, 15) is 79.1 Å². The number of aliphatic hydroxyl groups excluding tert-OH is 6. The molecule has 7 aromatic rings. The van der Waals surface area contributed by atoms with Crippen LogP contribution in [0, 0.1) is 23.2 Å². The molecule has 686 valence electrons. The number of halogens is 4. The predicted octanol–water partition coefficient (Wildman–Crippen LogP) is 0.528. The summed E-state index contributed by atoms with van der Waals surface area (Å²) in [4.78, 5) is 168. The molecule has 2 fully saturated rings. The number of hydroxylamine groups is 1. The van der Waals surface area contributed by atoms with Crippen LogP contribution in [0.25, 0.3) is 11.1 Å². The summed E-state index contributed by atoms with van der Waals surface area (Å²) in [5, 5.41) is 140. The summed E-state index contributed by atoms with van der Waals surface area (Å²) in [6.45, 7) is 4.37. The third-order valence-corrected chi connectivity index (χ3v) is 22.6. The fraction of sp³-hybridized carbons (Fsp3) is 0.386. The van der Waals surface area contributed by atoms with E-state index >= 15 is 24.0 Å². The number of hydrogen-bond acceptors (Lipinski definition) is 31. The third-order valence-electron chi connectivity index (χ3n) is 21.7. The maximum atomic E-state index is 16.4. The molecule has 0 spiro atoms. The van der Waals surface area contributed by atoms with Crippen LogP contribution >= 0.6 is 34.8 Å². The Kier molecular flexibility index (Phi) is 30.3. The molecule has 10 amide bonds. The zero-order chi connectivity index (χ0) is 93.5. The van der Waals surface area contributed by atoms with E-state index in [1.807, 2.05) is 5.48 Å². The number of aliphatic hydroxyl groups is 6. The number of aromatic nitrogens is 2.